The van der Waals surface area contributed by atoms with Crippen LogP contribution in [-0.4, -0.2) is 10.3 Å². The fraction of sp³-hybridized carbons (Fsp3) is 0.154. The summed E-state index contributed by atoms with van der Waals surface area (Å²) < 4.78 is 0. The zero-order valence-electron chi connectivity index (χ0n) is 8.59. The van der Waals surface area contributed by atoms with E-state index in [0.717, 1.165) is 22.8 Å². The summed E-state index contributed by atoms with van der Waals surface area (Å²) >= 11 is 3.32. The van der Waals surface area contributed by atoms with Gasteiger partial charge in [-0.2, -0.15) is 0 Å². The van der Waals surface area contributed by atoms with Crippen LogP contribution in [-0.2, 0) is 0 Å². The molecular weight excluding hydrogens is 266 g/mol. The lowest BCUT2D eigenvalue weighted by Gasteiger charge is -1.97. The number of H-pyrrole nitrogens is 1. The van der Waals surface area contributed by atoms with Crippen LogP contribution in [0, 0.1) is 11.8 Å². The molecule has 0 saturated carbocycles. The van der Waals surface area contributed by atoms with Crippen molar-refractivity contribution in [2.24, 2.45) is 0 Å². The Morgan fingerprint density at radius 1 is 1.31 bits per heavy atom. The van der Waals surface area contributed by atoms with Crippen LogP contribution < -0.4 is 5.43 Å². The van der Waals surface area contributed by atoms with E-state index in [1.54, 1.807) is 6.20 Å². The number of hydrogen-bond donors (Lipinski definition) is 1. The highest BCUT2D eigenvalue weighted by molar-refractivity contribution is 9.09. The summed E-state index contributed by atoms with van der Waals surface area (Å²) in [6.45, 7) is 0. The van der Waals surface area contributed by atoms with Gasteiger partial charge in [0.15, 0.2) is 5.43 Å². The van der Waals surface area contributed by atoms with Gasteiger partial charge < -0.3 is 4.98 Å². The molecule has 0 unspecified atom stereocenters. The molecule has 0 saturated heterocycles. The number of aromatic amines is 1. The number of fused-ring (bicyclic) bond motifs is 1. The van der Waals surface area contributed by atoms with Gasteiger partial charge in [0.05, 0.1) is 5.52 Å². The van der Waals surface area contributed by atoms with Gasteiger partial charge in [-0.1, -0.05) is 27.8 Å². The van der Waals surface area contributed by atoms with Crippen LogP contribution in [0.2, 0.25) is 0 Å². The highest BCUT2D eigenvalue weighted by atomic mass is 79.9. The van der Waals surface area contributed by atoms with E-state index < -0.39 is 0 Å². The van der Waals surface area contributed by atoms with E-state index >= 15 is 0 Å². The molecule has 2 nitrogen and oxygen atoms in total. The fourth-order valence-electron chi connectivity index (χ4n) is 1.47. The molecule has 0 bridgehead atoms. The van der Waals surface area contributed by atoms with Crippen LogP contribution in [0.5, 0.6) is 0 Å². The molecule has 3 heteroatoms. The van der Waals surface area contributed by atoms with E-state index in [4.69, 9.17) is 0 Å². The lowest BCUT2D eigenvalue weighted by Crippen LogP contribution is -1.99. The van der Waals surface area contributed by atoms with E-state index in [0.29, 0.717) is 5.39 Å². The normalized spacial score (nSPS) is 9.81. The second-order valence-corrected chi connectivity index (χ2v) is 4.14. The number of alkyl halides is 1. The smallest absolute Gasteiger partial charge is 0.189 e. The summed E-state index contributed by atoms with van der Waals surface area (Å²) in [6.07, 6.45) is 2.48. The van der Waals surface area contributed by atoms with Crippen molar-refractivity contribution in [3.05, 3.63) is 46.2 Å². The van der Waals surface area contributed by atoms with Crippen molar-refractivity contribution in [3.8, 4) is 11.8 Å². The van der Waals surface area contributed by atoms with Crippen molar-refractivity contribution in [1.29, 1.82) is 0 Å². The van der Waals surface area contributed by atoms with Crippen LogP contribution in [0.1, 0.15) is 12.0 Å². The maximum atomic E-state index is 11.5. The molecule has 2 aromatic rings. The molecule has 2 rings (SSSR count). The fourth-order valence-corrected chi connectivity index (χ4v) is 1.66. The molecule has 0 amide bonds. The van der Waals surface area contributed by atoms with E-state index in [2.05, 4.69) is 32.8 Å². The first-order chi connectivity index (χ1) is 7.81. The summed E-state index contributed by atoms with van der Waals surface area (Å²) in [5.74, 6) is 6.10. The molecule has 0 aliphatic rings. The molecule has 0 aliphatic heterocycles. The third-order valence-corrected chi connectivity index (χ3v) is 2.61. The Morgan fingerprint density at radius 3 is 3.00 bits per heavy atom. The van der Waals surface area contributed by atoms with Gasteiger partial charge in [0.2, 0.25) is 0 Å². The second kappa shape index (κ2) is 5.00. The molecule has 0 radical (unpaired) electrons. The Balaban J connectivity index is 2.46. The zero-order valence-corrected chi connectivity index (χ0v) is 10.2. The van der Waals surface area contributed by atoms with Gasteiger partial charge >= 0.3 is 0 Å². The van der Waals surface area contributed by atoms with Crippen LogP contribution in [0.15, 0.2) is 35.3 Å². The average Bonchev–Trinajstić information content (AvgIpc) is 2.30. The van der Waals surface area contributed by atoms with Gasteiger partial charge in [0.25, 0.3) is 0 Å². The molecule has 0 aliphatic carbocycles. The number of pyridine rings is 1. The minimum Gasteiger partial charge on any atom is -0.361 e. The van der Waals surface area contributed by atoms with Crippen molar-refractivity contribution in [3.63, 3.8) is 0 Å². The van der Waals surface area contributed by atoms with Gasteiger partial charge in [-0.25, -0.2) is 0 Å². The van der Waals surface area contributed by atoms with Crippen molar-refractivity contribution in [2.75, 3.05) is 5.33 Å². The quantitative estimate of drug-likeness (QED) is 0.630. The van der Waals surface area contributed by atoms with E-state index in [1.807, 2.05) is 18.2 Å². The Morgan fingerprint density at radius 2 is 2.19 bits per heavy atom. The molecular formula is C13H10BrNO. The van der Waals surface area contributed by atoms with Gasteiger partial charge in [0.1, 0.15) is 0 Å². The highest BCUT2D eigenvalue weighted by Gasteiger charge is 1.97. The van der Waals surface area contributed by atoms with Crippen LogP contribution in [0.4, 0.5) is 0 Å². The summed E-state index contributed by atoms with van der Waals surface area (Å²) in [7, 11) is 0. The van der Waals surface area contributed by atoms with Gasteiger partial charge in [-0.3, -0.25) is 4.79 Å². The summed E-state index contributed by atoms with van der Waals surface area (Å²) in [4.78, 5) is 14.5. The minimum atomic E-state index is 0.0358. The zero-order chi connectivity index (χ0) is 11.4. The molecule has 1 aromatic heterocycles. The Bertz CT molecular complexity index is 619. The summed E-state index contributed by atoms with van der Waals surface area (Å²) in [5, 5.41) is 1.58. The highest BCUT2D eigenvalue weighted by Crippen LogP contribution is 2.08. The molecule has 1 N–H and O–H groups in total. The molecule has 0 atom stereocenters. The SMILES string of the molecule is O=c1cc[nH]c2cc(C#CCCBr)ccc12. The Hall–Kier alpha value is -1.53. The monoisotopic (exact) mass is 275 g/mol. The molecule has 16 heavy (non-hydrogen) atoms. The molecule has 0 spiro atoms. The van der Waals surface area contributed by atoms with E-state index in [9.17, 15) is 4.79 Å². The topological polar surface area (TPSA) is 32.9 Å². The van der Waals surface area contributed by atoms with Gasteiger partial charge in [0, 0.05) is 35.0 Å². The first kappa shape index (κ1) is 11.0. The summed E-state index contributed by atoms with van der Waals surface area (Å²) in [5.41, 5.74) is 1.79. The third kappa shape index (κ3) is 2.34. The Labute approximate surface area is 102 Å². The van der Waals surface area contributed by atoms with Gasteiger partial charge in [-0.15, -0.1) is 0 Å². The first-order valence-corrected chi connectivity index (χ1v) is 6.10. The number of halogens is 1. The number of rotatable bonds is 1. The van der Waals surface area contributed by atoms with Crippen LogP contribution in [0.25, 0.3) is 10.9 Å². The average molecular weight is 276 g/mol. The standard InChI is InChI=1S/C13H10BrNO/c14-7-2-1-3-10-4-5-11-12(9-10)15-8-6-13(11)16/h4-6,8-9H,2,7H2,(H,15,16). The Kier molecular flexibility index (Phi) is 3.43. The molecule has 80 valence electrons. The van der Waals surface area contributed by atoms with Crippen LogP contribution >= 0.6 is 15.9 Å². The van der Waals surface area contributed by atoms with Crippen molar-refractivity contribution in [1.82, 2.24) is 4.98 Å². The first-order valence-electron chi connectivity index (χ1n) is 4.97. The van der Waals surface area contributed by atoms with E-state index in [-0.39, 0.29) is 5.43 Å². The number of benzene rings is 1. The van der Waals surface area contributed by atoms with Crippen molar-refractivity contribution in [2.45, 2.75) is 6.42 Å². The van der Waals surface area contributed by atoms with Crippen LogP contribution in [0.3, 0.4) is 0 Å². The summed E-state index contributed by atoms with van der Waals surface area (Å²) in [6, 6.07) is 7.11. The number of aromatic nitrogens is 1. The van der Waals surface area contributed by atoms with Crippen molar-refractivity contribution >= 4 is 26.8 Å². The maximum absolute atomic E-state index is 11.5. The molecule has 1 aromatic carbocycles. The van der Waals surface area contributed by atoms with Gasteiger partial charge in [-0.05, 0) is 18.2 Å². The predicted octanol–water partition coefficient (Wildman–Crippen LogP) is 2.66. The largest absolute Gasteiger partial charge is 0.361 e. The maximum Gasteiger partial charge on any atom is 0.189 e. The third-order valence-electron chi connectivity index (χ3n) is 2.21. The van der Waals surface area contributed by atoms with Crippen molar-refractivity contribution < 1.29 is 0 Å². The lowest BCUT2D eigenvalue weighted by atomic mass is 10.1. The lowest BCUT2D eigenvalue weighted by molar-refractivity contribution is 1.32. The minimum absolute atomic E-state index is 0.0358. The molecule has 0 fully saturated rings. The predicted molar refractivity (Wildman–Crippen MR) is 69.9 cm³/mol. The second-order valence-electron chi connectivity index (χ2n) is 3.34. The molecule has 1 heterocycles. The number of nitrogens with one attached hydrogen (secondary N) is 1. The number of hydrogen-bond acceptors (Lipinski definition) is 1. The van der Waals surface area contributed by atoms with E-state index in [1.165, 1.54) is 6.07 Å².